The third-order valence-corrected chi connectivity index (χ3v) is 5.57. The van der Waals surface area contributed by atoms with Crippen LogP contribution < -0.4 is 25.0 Å². The molecule has 0 aromatic heterocycles. The molecule has 1 atom stereocenters. The normalized spacial score (nSPS) is 15.5. The molecule has 150 valence electrons. The van der Waals surface area contributed by atoms with Gasteiger partial charge in [-0.05, 0) is 80.0 Å². The van der Waals surface area contributed by atoms with Crippen molar-refractivity contribution in [2.24, 2.45) is 0 Å². The summed E-state index contributed by atoms with van der Waals surface area (Å²) in [5, 5.41) is 7.32. The van der Waals surface area contributed by atoms with Crippen LogP contribution in [0, 0.1) is 0 Å². The Balaban J connectivity index is 1.63. The first-order valence-electron chi connectivity index (χ1n) is 9.87. The Morgan fingerprint density at radius 3 is 2.07 bits per heavy atom. The molecule has 3 N–H and O–H groups in total. The lowest BCUT2D eigenvalue weighted by Gasteiger charge is -2.32. The molecule has 1 fully saturated rings. The van der Waals surface area contributed by atoms with Crippen molar-refractivity contribution in [3.63, 3.8) is 0 Å². The lowest BCUT2D eigenvalue weighted by atomic mass is 10.0. The predicted octanol–water partition coefficient (Wildman–Crippen LogP) is 2.80. The van der Waals surface area contributed by atoms with Crippen LogP contribution in [0.2, 0.25) is 0 Å². The van der Waals surface area contributed by atoms with E-state index in [1.54, 1.807) is 19.1 Å². The number of anilines is 1. The molecule has 0 unspecified atom stereocenters. The summed E-state index contributed by atoms with van der Waals surface area (Å²) in [6.07, 6.45) is 3.91. The van der Waals surface area contributed by atoms with Crippen molar-refractivity contribution in [2.75, 3.05) is 39.2 Å². The van der Waals surface area contributed by atoms with Crippen molar-refractivity contribution < 1.29 is 14.4 Å². The monoisotopic (exact) mass is 400 g/mol. The van der Waals surface area contributed by atoms with Crippen LogP contribution in [0.4, 0.5) is 5.69 Å². The highest BCUT2D eigenvalue weighted by atomic mass is 32.1. The van der Waals surface area contributed by atoms with Crippen LogP contribution in [-0.4, -0.2) is 39.0 Å². The number of benzene rings is 2. The average Bonchev–Trinajstić information content (AvgIpc) is 2.75. The number of likely N-dealkylation sites (tertiary alicyclic amines) is 1. The quantitative estimate of drug-likeness (QED) is 0.624. The zero-order chi connectivity index (χ0) is 19.8. The second-order valence-electron chi connectivity index (χ2n) is 7.11. The van der Waals surface area contributed by atoms with Crippen LogP contribution >= 0.6 is 12.2 Å². The van der Waals surface area contributed by atoms with Crippen LogP contribution in [-0.2, 0) is 0 Å². The Bertz CT molecular complexity index is 743. The highest BCUT2D eigenvalue weighted by molar-refractivity contribution is 7.80. The largest absolute Gasteiger partial charge is 0.497 e. The second kappa shape index (κ2) is 10.3. The van der Waals surface area contributed by atoms with Crippen molar-refractivity contribution in [1.82, 2.24) is 5.32 Å². The molecule has 1 aliphatic rings. The van der Waals surface area contributed by atoms with E-state index in [9.17, 15) is 0 Å². The predicted molar refractivity (Wildman–Crippen MR) is 118 cm³/mol. The van der Waals surface area contributed by atoms with Gasteiger partial charge in [-0.2, -0.15) is 0 Å². The second-order valence-corrected chi connectivity index (χ2v) is 7.52. The summed E-state index contributed by atoms with van der Waals surface area (Å²) in [7, 11) is 3.37. The lowest BCUT2D eigenvalue weighted by molar-refractivity contribution is -0.934. The number of hydrogen-bond donors (Lipinski definition) is 3. The van der Waals surface area contributed by atoms with Gasteiger partial charge in [0.25, 0.3) is 0 Å². The van der Waals surface area contributed by atoms with Crippen molar-refractivity contribution in [3.05, 3.63) is 54.1 Å². The first kappa shape index (κ1) is 20.4. The Hall–Kier alpha value is -2.31. The smallest absolute Gasteiger partial charge is 0.171 e. The molecule has 0 spiro atoms. The van der Waals surface area contributed by atoms with Crippen LogP contribution in [0.15, 0.2) is 48.5 Å². The number of quaternary nitrogens is 1. The fourth-order valence-electron chi connectivity index (χ4n) is 3.73. The number of piperidine rings is 1. The van der Waals surface area contributed by atoms with E-state index in [0.717, 1.165) is 23.7 Å². The Labute approximate surface area is 173 Å². The standard InChI is InChI=1S/C22H29N3O2S/c1-26-19-10-6-17(7-11-19)21(25-14-4-3-5-15-25)16-23-22(28)24-18-8-12-20(27-2)13-9-18/h6-13,21H,3-5,14-16H2,1-2H3,(H2,23,24,28)/p+1/t21-/m0/s1. The van der Waals surface area contributed by atoms with Gasteiger partial charge in [0.2, 0.25) is 0 Å². The van der Waals surface area contributed by atoms with E-state index in [-0.39, 0.29) is 0 Å². The maximum Gasteiger partial charge on any atom is 0.171 e. The van der Waals surface area contributed by atoms with Gasteiger partial charge in [-0.15, -0.1) is 0 Å². The summed E-state index contributed by atoms with van der Waals surface area (Å²) in [5.74, 6) is 1.72. The molecule has 1 aliphatic heterocycles. The maximum atomic E-state index is 5.52. The van der Waals surface area contributed by atoms with Gasteiger partial charge in [0.1, 0.15) is 17.5 Å². The number of hydrogen-bond acceptors (Lipinski definition) is 3. The molecule has 0 amide bonds. The Morgan fingerprint density at radius 2 is 1.50 bits per heavy atom. The molecule has 5 nitrogen and oxygen atoms in total. The summed E-state index contributed by atoms with van der Waals surface area (Å²) in [6.45, 7) is 3.21. The fourth-order valence-corrected chi connectivity index (χ4v) is 3.93. The van der Waals surface area contributed by atoms with Gasteiger partial charge >= 0.3 is 0 Å². The Kier molecular flexibility index (Phi) is 7.51. The fraction of sp³-hybridized carbons (Fsp3) is 0.409. The van der Waals surface area contributed by atoms with Crippen molar-refractivity contribution >= 4 is 23.0 Å². The highest BCUT2D eigenvalue weighted by Crippen LogP contribution is 2.17. The van der Waals surface area contributed by atoms with Gasteiger partial charge in [0.05, 0.1) is 33.9 Å². The van der Waals surface area contributed by atoms with Crippen LogP contribution in [0.25, 0.3) is 0 Å². The summed E-state index contributed by atoms with van der Waals surface area (Å²) >= 11 is 5.52. The minimum atomic E-state index is 0.363. The molecule has 6 heteroatoms. The van der Waals surface area contributed by atoms with Gasteiger partial charge in [-0.3, -0.25) is 0 Å². The molecule has 0 aliphatic carbocycles. The van der Waals surface area contributed by atoms with E-state index in [4.69, 9.17) is 21.7 Å². The molecule has 3 rings (SSSR count). The number of ether oxygens (including phenoxy) is 2. The highest BCUT2D eigenvalue weighted by Gasteiger charge is 2.26. The van der Waals surface area contributed by atoms with Gasteiger partial charge in [-0.1, -0.05) is 0 Å². The summed E-state index contributed by atoms with van der Waals surface area (Å²) < 4.78 is 10.5. The number of thiocarbonyl (C=S) groups is 1. The van der Waals surface area contributed by atoms with Crippen molar-refractivity contribution in [1.29, 1.82) is 0 Å². The van der Waals surface area contributed by atoms with Gasteiger partial charge in [-0.25, -0.2) is 0 Å². The van der Waals surface area contributed by atoms with E-state index >= 15 is 0 Å². The Morgan fingerprint density at radius 1 is 0.929 bits per heavy atom. The molecule has 0 saturated carbocycles. The molecule has 2 aromatic carbocycles. The SMILES string of the molecule is COc1ccc(NC(=S)NC[C@@H](c2ccc(OC)cc2)[NH+]2CCCCC2)cc1. The number of methoxy groups -OCH3 is 2. The van der Waals surface area contributed by atoms with Crippen molar-refractivity contribution in [2.45, 2.75) is 25.3 Å². The summed E-state index contributed by atoms with van der Waals surface area (Å²) in [5.41, 5.74) is 2.27. The molecule has 1 saturated heterocycles. The van der Waals surface area contributed by atoms with Crippen LogP contribution in [0.1, 0.15) is 30.9 Å². The van der Waals surface area contributed by atoms with E-state index in [1.807, 2.05) is 36.4 Å². The minimum absolute atomic E-state index is 0.363. The summed E-state index contributed by atoms with van der Waals surface area (Å²) in [6, 6.07) is 16.6. The zero-order valence-electron chi connectivity index (χ0n) is 16.7. The molecular weight excluding hydrogens is 370 g/mol. The van der Waals surface area contributed by atoms with Gasteiger partial charge in [0, 0.05) is 11.3 Å². The first-order chi connectivity index (χ1) is 13.7. The molecule has 2 aromatic rings. The summed E-state index contributed by atoms with van der Waals surface area (Å²) in [4.78, 5) is 1.62. The number of nitrogens with one attached hydrogen (secondary N) is 3. The molecular formula is C22H30N3O2S+. The lowest BCUT2D eigenvalue weighted by Crippen LogP contribution is -3.13. The zero-order valence-corrected chi connectivity index (χ0v) is 17.5. The minimum Gasteiger partial charge on any atom is -0.497 e. The van der Waals surface area contributed by atoms with E-state index in [2.05, 4.69) is 22.8 Å². The van der Waals surface area contributed by atoms with E-state index in [1.165, 1.54) is 37.9 Å². The number of rotatable bonds is 7. The molecule has 0 radical (unpaired) electrons. The first-order valence-corrected chi connectivity index (χ1v) is 10.3. The third-order valence-electron chi connectivity index (χ3n) is 5.32. The molecule has 0 bridgehead atoms. The van der Waals surface area contributed by atoms with Crippen LogP contribution in [0.5, 0.6) is 11.5 Å². The topological polar surface area (TPSA) is 47.0 Å². The van der Waals surface area contributed by atoms with E-state index < -0.39 is 0 Å². The third kappa shape index (κ3) is 5.59. The van der Waals surface area contributed by atoms with Crippen molar-refractivity contribution in [3.8, 4) is 11.5 Å². The van der Waals surface area contributed by atoms with Crippen LogP contribution in [0.3, 0.4) is 0 Å². The maximum absolute atomic E-state index is 5.52. The van der Waals surface area contributed by atoms with Gasteiger partial charge in [0.15, 0.2) is 5.11 Å². The molecule has 28 heavy (non-hydrogen) atoms. The average molecular weight is 401 g/mol. The van der Waals surface area contributed by atoms with Gasteiger partial charge < -0.3 is 25.0 Å². The van der Waals surface area contributed by atoms with E-state index in [0.29, 0.717) is 11.2 Å². The molecule has 1 heterocycles.